The average molecular weight is 202 g/mol. The third-order valence-corrected chi connectivity index (χ3v) is 1.81. The highest BCUT2D eigenvalue weighted by Crippen LogP contribution is 2.04. The zero-order chi connectivity index (χ0) is 11.1. The Morgan fingerprint density at radius 3 is 2.60 bits per heavy atom. The quantitative estimate of drug-likeness (QED) is 0.554. The maximum absolute atomic E-state index is 10.7. The van der Waals surface area contributed by atoms with Gasteiger partial charge in [-0.2, -0.15) is 0 Å². The van der Waals surface area contributed by atoms with E-state index >= 15 is 0 Å². The van der Waals surface area contributed by atoms with Crippen LogP contribution in [0.3, 0.4) is 0 Å². The number of hydrogen-bond donors (Lipinski definition) is 0. The van der Waals surface area contributed by atoms with E-state index in [4.69, 9.17) is 4.74 Å². The lowest BCUT2D eigenvalue weighted by molar-refractivity contribution is -0.142. The van der Waals surface area contributed by atoms with E-state index in [9.17, 15) is 4.79 Å². The Labute approximate surface area is 89.9 Å². The Morgan fingerprint density at radius 1 is 1.40 bits per heavy atom. The summed E-state index contributed by atoms with van der Waals surface area (Å²) in [5.41, 5.74) is 1.07. The Kier molecular flexibility index (Phi) is 4.35. The molecule has 0 amide bonds. The van der Waals surface area contributed by atoms with Gasteiger partial charge in [-0.3, -0.25) is 4.79 Å². The number of hydrogen-bond acceptors (Lipinski definition) is 2. The molecule has 0 N–H and O–H groups in total. The maximum Gasteiger partial charge on any atom is 0.303 e. The fraction of sp³-hybridized carbons (Fsp3) is 0.154. The molecule has 0 aromatic heterocycles. The van der Waals surface area contributed by atoms with Crippen molar-refractivity contribution in [3.8, 4) is 0 Å². The lowest BCUT2D eigenvalue weighted by atomic mass is 10.2. The van der Waals surface area contributed by atoms with Gasteiger partial charge < -0.3 is 4.74 Å². The van der Waals surface area contributed by atoms with Crippen LogP contribution in [0.2, 0.25) is 0 Å². The summed E-state index contributed by atoms with van der Waals surface area (Å²) in [5, 5.41) is 0. The third kappa shape index (κ3) is 4.27. The minimum absolute atomic E-state index is 0.308. The molecule has 1 rings (SSSR count). The molecular weight excluding hydrogens is 188 g/mol. The molecule has 1 atom stereocenters. The first-order valence-corrected chi connectivity index (χ1v) is 4.75. The lowest BCUT2D eigenvalue weighted by Crippen LogP contribution is -2.09. The molecule has 15 heavy (non-hydrogen) atoms. The van der Waals surface area contributed by atoms with Crippen LogP contribution < -0.4 is 0 Å². The SMILES string of the molecule is C=CC(/C=C/c1ccccc1)OC(C)=O. The van der Waals surface area contributed by atoms with Gasteiger partial charge in [-0.25, -0.2) is 0 Å². The van der Waals surface area contributed by atoms with Crippen molar-refractivity contribution < 1.29 is 9.53 Å². The molecule has 0 saturated carbocycles. The van der Waals surface area contributed by atoms with Crippen LogP contribution in [-0.4, -0.2) is 12.1 Å². The Hall–Kier alpha value is -1.83. The largest absolute Gasteiger partial charge is 0.454 e. The first-order chi connectivity index (χ1) is 7.22. The van der Waals surface area contributed by atoms with Crippen LogP contribution in [0.15, 0.2) is 49.1 Å². The summed E-state index contributed by atoms with van der Waals surface area (Å²) in [4.78, 5) is 10.7. The van der Waals surface area contributed by atoms with E-state index in [0.29, 0.717) is 0 Å². The fourth-order valence-corrected chi connectivity index (χ4v) is 1.13. The predicted octanol–water partition coefficient (Wildman–Crippen LogP) is 2.82. The Balaban J connectivity index is 2.62. The van der Waals surface area contributed by atoms with E-state index < -0.39 is 0 Å². The molecule has 0 aliphatic heterocycles. The van der Waals surface area contributed by atoms with Gasteiger partial charge >= 0.3 is 5.97 Å². The second-order valence-electron chi connectivity index (χ2n) is 3.08. The van der Waals surface area contributed by atoms with Gasteiger partial charge in [0.15, 0.2) is 0 Å². The average Bonchev–Trinajstić information content (AvgIpc) is 2.25. The van der Waals surface area contributed by atoms with Gasteiger partial charge in [0.05, 0.1) is 0 Å². The summed E-state index contributed by atoms with van der Waals surface area (Å²) in [5.74, 6) is -0.308. The van der Waals surface area contributed by atoms with Crippen LogP contribution in [0.4, 0.5) is 0 Å². The molecule has 1 unspecified atom stereocenters. The highest BCUT2D eigenvalue weighted by Gasteiger charge is 2.01. The standard InChI is InChI=1S/C13H14O2/c1-3-13(15-11(2)14)10-9-12-7-5-4-6-8-12/h3-10,13H,1H2,2H3/b10-9+. The second kappa shape index (κ2) is 5.81. The smallest absolute Gasteiger partial charge is 0.303 e. The van der Waals surface area contributed by atoms with Gasteiger partial charge in [-0.1, -0.05) is 43.0 Å². The number of rotatable bonds is 4. The monoisotopic (exact) mass is 202 g/mol. The van der Waals surface area contributed by atoms with Crippen LogP contribution >= 0.6 is 0 Å². The van der Waals surface area contributed by atoms with E-state index in [1.807, 2.05) is 36.4 Å². The normalized spacial score (nSPS) is 12.3. The topological polar surface area (TPSA) is 26.3 Å². The Bertz CT molecular complexity index is 352. The summed E-state index contributed by atoms with van der Waals surface area (Å²) < 4.78 is 4.98. The molecule has 0 bridgehead atoms. The molecule has 0 aliphatic rings. The van der Waals surface area contributed by atoms with Crippen molar-refractivity contribution in [2.45, 2.75) is 13.0 Å². The Morgan fingerprint density at radius 2 is 2.07 bits per heavy atom. The van der Waals surface area contributed by atoms with E-state index in [0.717, 1.165) is 5.56 Å². The molecule has 0 spiro atoms. The second-order valence-corrected chi connectivity index (χ2v) is 3.08. The lowest BCUT2D eigenvalue weighted by Gasteiger charge is -2.06. The molecule has 0 heterocycles. The van der Waals surface area contributed by atoms with Crippen molar-refractivity contribution in [2.24, 2.45) is 0 Å². The third-order valence-electron chi connectivity index (χ3n) is 1.81. The van der Waals surface area contributed by atoms with Crippen LogP contribution in [0.5, 0.6) is 0 Å². The molecule has 1 aromatic carbocycles. The molecule has 0 aliphatic carbocycles. The van der Waals surface area contributed by atoms with Crippen LogP contribution in [-0.2, 0) is 9.53 Å². The van der Waals surface area contributed by atoms with E-state index in [1.54, 1.807) is 12.2 Å². The molecule has 1 aromatic rings. The zero-order valence-electron chi connectivity index (χ0n) is 8.72. The summed E-state index contributed by atoms with van der Waals surface area (Å²) in [6.45, 7) is 4.98. The molecule has 0 fully saturated rings. The van der Waals surface area contributed by atoms with Crippen molar-refractivity contribution in [2.75, 3.05) is 0 Å². The van der Waals surface area contributed by atoms with Crippen molar-refractivity contribution in [1.29, 1.82) is 0 Å². The van der Waals surface area contributed by atoms with Crippen molar-refractivity contribution in [3.63, 3.8) is 0 Å². The molecule has 2 heteroatoms. The first kappa shape index (κ1) is 11.2. The molecule has 78 valence electrons. The van der Waals surface area contributed by atoms with Gasteiger partial charge in [0.2, 0.25) is 0 Å². The van der Waals surface area contributed by atoms with Crippen LogP contribution in [0, 0.1) is 0 Å². The highest BCUT2D eigenvalue weighted by molar-refractivity contribution is 5.66. The number of ether oxygens (including phenoxy) is 1. The molecular formula is C13H14O2. The van der Waals surface area contributed by atoms with Gasteiger partial charge in [-0.05, 0) is 17.7 Å². The predicted molar refractivity (Wildman–Crippen MR) is 61.2 cm³/mol. The molecule has 0 saturated heterocycles. The van der Waals surface area contributed by atoms with Crippen molar-refractivity contribution >= 4 is 12.0 Å². The van der Waals surface area contributed by atoms with Gasteiger partial charge in [0.1, 0.15) is 6.10 Å². The maximum atomic E-state index is 10.7. The number of benzene rings is 1. The minimum atomic E-state index is -0.359. The minimum Gasteiger partial charge on any atom is -0.454 e. The number of carbonyl (C=O) groups excluding carboxylic acids is 1. The van der Waals surface area contributed by atoms with Gasteiger partial charge in [-0.15, -0.1) is 0 Å². The molecule has 0 radical (unpaired) electrons. The summed E-state index contributed by atoms with van der Waals surface area (Å²) in [6, 6.07) is 9.81. The van der Waals surface area contributed by atoms with E-state index in [1.165, 1.54) is 6.92 Å². The summed E-state index contributed by atoms with van der Waals surface area (Å²) >= 11 is 0. The van der Waals surface area contributed by atoms with Crippen molar-refractivity contribution in [1.82, 2.24) is 0 Å². The highest BCUT2D eigenvalue weighted by atomic mass is 16.5. The summed E-state index contributed by atoms with van der Waals surface area (Å²) in [6.07, 6.45) is 4.92. The van der Waals surface area contributed by atoms with E-state index in [2.05, 4.69) is 6.58 Å². The fourth-order valence-electron chi connectivity index (χ4n) is 1.13. The van der Waals surface area contributed by atoms with E-state index in [-0.39, 0.29) is 12.1 Å². The van der Waals surface area contributed by atoms with Gasteiger partial charge in [0.25, 0.3) is 0 Å². The van der Waals surface area contributed by atoms with Gasteiger partial charge in [0, 0.05) is 6.92 Å². The number of esters is 1. The van der Waals surface area contributed by atoms with Crippen LogP contribution in [0.1, 0.15) is 12.5 Å². The first-order valence-electron chi connectivity index (χ1n) is 4.75. The number of carbonyl (C=O) groups is 1. The van der Waals surface area contributed by atoms with Crippen molar-refractivity contribution in [3.05, 3.63) is 54.6 Å². The van der Waals surface area contributed by atoms with Crippen LogP contribution in [0.25, 0.3) is 6.08 Å². The summed E-state index contributed by atoms with van der Waals surface area (Å²) in [7, 11) is 0. The molecule has 2 nitrogen and oxygen atoms in total. The zero-order valence-corrected chi connectivity index (χ0v) is 8.72.